The molecule has 0 aliphatic heterocycles. The molecule has 0 aliphatic rings. The lowest BCUT2D eigenvalue weighted by atomic mass is 10.1. The maximum atomic E-state index is 11.1. The highest BCUT2D eigenvalue weighted by Crippen LogP contribution is 2.23. The van der Waals surface area contributed by atoms with Crippen LogP contribution in [0.25, 0.3) is 0 Å². The highest BCUT2D eigenvalue weighted by molar-refractivity contribution is 5.91. The van der Waals surface area contributed by atoms with Crippen LogP contribution in [0.15, 0.2) is 42.5 Å². The fraction of sp³-hybridized carbons (Fsp3) is 0.133. The number of rotatable bonds is 4. The van der Waals surface area contributed by atoms with Gasteiger partial charge in [0.15, 0.2) is 0 Å². The number of carboxylic acids is 1. The van der Waals surface area contributed by atoms with Gasteiger partial charge in [-0.15, -0.1) is 0 Å². The second-order valence-electron chi connectivity index (χ2n) is 4.34. The van der Waals surface area contributed by atoms with Crippen LogP contribution in [0.3, 0.4) is 0 Å². The Kier molecular flexibility index (Phi) is 3.71. The molecule has 0 amide bonds. The summed E-state index contributed by atoms with van der Waals surface area (Å²) in [6.07, 6.45) is 0. The molecule has 0 saturated heterocycles. The first kappa shape index (κ1) is 13.0. The van der Waals surface area contributed by atoms with Crippen LogP contribution in [-0.4, -0.2) is 11.1 Å². The van der Waals surface area contributed by atoms with E-state index in [2.05, 4.69) is 0 Å². The molecule has 98 valence electrons. The van der Waals surface area contributed by atoms with Gasteiger partial charge in [0.1, 0.15) is 17.9 Å². The number of nitrogen functional groups attached to an aromatic ring is 1. The summed E-state index contributed by atoms with van der Waals surface area (Å²) in [6, 6.07) is 12.4. The number of aryl methyl sites for hydroxylation is 1. The summed E-state index contributed by atoms with van der Waals surface area (Å²) in [6.45, 7) is 2.30. The molecule has 0 aromatic heterocycles. The zero-order chi connectivity index (χ0) is 13.8. The molecule has 0 spiro atoms. The number of hydrogen-bond donors (Lipinski definition) is 2. The molecule has 0 radical (unpaired) electrons. The summed E-state index contributed by atoms with van der Waals surface area (Å²) < 4.78 is 5.56. The van der Waals surface area contributed by atoms with E-state index >= 15 is 0 Å². The van der Waals surface area contributed by atoms with Crippen molar-refractivity contribution in [3.63, 3.8) is 0 Å². The fourth-order valence-electron chi connectivity index (χ4n) is 1.80. The molecule has 0 heterocycles. The van der Waals surface area contributed by atoms with Gasteiger partial charge in [-0.05, 0) is 24.6 Å². The van der Waals surface area contributed by atoms with Crippen molar-refractivity contribution < 1.29 is 14.6 Å². The molecule has 19 heavy (non-hydrogen) atoms. The molecule has 0 aliphatic carbocycles. The summed E-state index contributed by atoms with van der Waals surface area (Å²) in [5, 5.41) is 9.08. The average molecular weight is 257 g/mol. The molecule has 0 bridgehead atoms. The lowest BCUT2D eigenvalue weighted by molar-refractivity contribution is 0.0692. The van der Waals surface area contributed by atoms with E-state index in [0.717, 1.165) is 11.1 Å². The molecule has 3 N–H and O–H groups in total. The van der Waals surface area contributed by atoms with Gasteiger partial charge in [-0.25, -0.2) is 4.79 Å². The molecule has 0 saturated carbocycles. The first-order valence-electron chi connectivity index (χ1n) is 5.87. The van der Waals surface area contributed by atoms with Crippen molar-refractivity contribution in [1.82, 2.24) is 0 Å². The first-order chi connectivity index (χ1) is 9.06. The number of carboxylic acid groups (broad SMARTS) is 1. The quantitative estimate of drug-likeness (QED) is 0.826. The second kappa shape index (κ2) is 5.44. The van der Waals surface area contributed by atoms with E-state index in [4.69, 9.17) is 15.6 Å². The molecule has 4 nitrogen and oxygen atoms in total. The van der Waals surface area contributed by atoms with E-state index in [1.165, 1.54) is 12.1 Å². The first-order valence-corrected chi connectivity index (χ1v) is 5.87. The molecular weight excluding hydrogens is 242 g/mol. The summed E-state index contributed by atoms with van der Waals surface area (Å²) in [5.74, 6) is -0.742. The molecular formula is C15H15NO3. The third-order valence-corrected chi connectivity index (χ3v) is 2.71. The van der Waals surface area contributed by atoms with Crippen molar-refractivity contribution in [1.29, 1.82) is 0 Å². The summed E-state index contributed by atoms with van der Waals surface area (Å²) in [5.41, 5.74) is 8.35. The predicted octanol–water partition coefficient (Wildman–Crippen LogP) is 2.85. The lowest BCUT2D eigenvalue weighted by Crippen LogP contribution is -2.04. The standard InChI is InChI=1S/C15H15NO3/c1-10-3-2-4-11(7-10)9-19-14-8-12(16)5-6-13(14)15(17)18/h2-8H,9,16H2,1H3,(H,17,18). The van der Waals surface area contributed by atoms with E-state index in [9.17, 15) is 4.79 Å². The van der Waals surface area contributed by atoms with Gasteiger partial charge >= 0.3 is 5.97 Å². The maximum absolute atomic E-state index is 11.1. The number of hydrogen-bond acceptors (Lipinski definition) is 3. The smallest absolute Gasteiger partial charge is 0.339 e. The minimum absolute atomic E-state index is 0.113. The maximum Gasteiger partial charge on any atom is 0.339 e. The molecule has 4 heteroatoms. The minimum atomic E-state index is -1.03. The average Bonchev–Trinajstić information content (AvgIpc) is 2.36. The number of anilines is 1. The number of nitrogens with two attached hydrogens (primary N) is 1. The Morgan fingerprint density at radius 2 is 2.05 bits per heavy atom. The van der Waals surface area contributed by atoms with Crippen molar-refractivity contribution in [2.75, 3.05) is 5.73 Å². The Balaban J connectivity index is 2.19. The van der Waals surface area contributed by atoms with Crippen LogP contribution >= 0.6 is 0 Å². The SMILES string of the molecule is Cc1cccc(COc2cc(N)ccc2C(=O)O)c1. The predicted molar refractivity (Wildman–Crippen MR) is 73.3 cm³/mol. The molecule has 2 aromatic rings. The normalized spacial score (nSPS) is 10.2. The Bertz CT molecular complexity index is 608. The van der Waals surface area contributed by atoms with E-state index in [1.54, 1.807) is 6.07 Å². The van der Waals surface area contributed by atoms with Gasteiger partial charge in [0, 0.05) is 11.8 Å². The molecule has 0 fully saturated rings. The van der Waals surface area contributed by atoms with Crippen LogP contribution in [0.2, 0.25) is 0 Å². The Morgan fingerprint density at radius 1 is 1.26 bits per heavy atom. The third kappa shape index (κ3) is 3.25. The summed E-state index contributed by atoms with van der Waals surface area (Å²) >= 11 is 0. The van der Waals surface area contributed by atoms with Gasteiger partial charge in [0.05, 0.1) is 0 Å². The third-order valence-electron chi connectivity index (χ3n) is 2.71. The molecule has 0 atom stereocenters. The van der Waals surface area contributed by atoms with E-state index in [-0.39, 0.29) is 11.3 Å². The minimum Gasteiger partial charge on any atom is -0.488 e. The van der Waals surface area contributed by atoms with Crippen LogP contribution in [0.1, 0.15) is 21.5 Å². The largest absolute Gasteiger partial charge is 0.488 e. The van der Waals surface area contributed by atoms with Crippen LogP contribution in [0.4, 0.5) is 5.69 Å². The number of carbonyl (C=O) groups is 1. The van der Waals surface area contributed by atoms with Crippen molar-refractivity contribution in [2.45, 2.75) is 13.5 Å². The zero-order valence-electron chi connectivity index (χ0n) is 10.6. The topological polar surface area (TPSA) is 72.5 Å². The number of aromatic carboxylic acids is 1. The van der Waals surface area contributed by atoms with E-state index in [1.807, 2.05) is 31.2 Å². The Hall–Kier alpha value is -2.49. The highest BCUT2D eigenvalue weighted by Gasteiger charge is 2.11. The van der Waals surface area contributed by atoms with Gasteiger partial charge < -0.3 is 15.6 Å². The van der Waals surface area contributed by atoms with Gasteiger partial charge in [-0.2, -0.15) is 0 Å². The number of benzene rings is 2. The van der Waals surface area contributed by atoms with Crippen LogP contribution in [0.5, 0.6) is 5.75 Å². The summed E-state index contributed by atoms with van der Waals surface area (Å²) in [4.78, 5) is 11.1. The molecule has 2 rings (SSSR count). The zero-order valence-corrected chi connectivity index (χ0v) is 10.6. The molecule has 0 unspecified atom stereocenters. The fourth-order valence-corrected chi connectivity index (χ4v) is 1.80. The van der Waals surface area contributed by atoms with Crippen LogP contribution in [-0.2, 0) is 6.61 Å². The summed E-state index contributed by atoms with van der Waals surface area (Å²) in [7, 11) is 0. The van der Waals surface area contributed by atoms with Crippen molar-refractivity contribution in [3.8, 4) is 5.75 Å². The van der Waals surface area contributed by atoms with Crippen LogP contribution in [0, 0.1) is 6.92 Å². The van der Waals surface area contributed by atoms with Crippen molar-refractivity contribution >= 4 is 11.7 Å². The van der Waals surface area contributed by atoms with Gasteiger partial charge in [-0.1, -0.05) is 29.8 Å². The second-order valence-corrected chi connectivity index (χ2v) is 4.34. The van der Waals surface area contributed by atoms with E-state index < -0.39 is 5.97 Å². The Labute approximate surface area is 111 Å². The highest BCUT2D eigenvalue weighted by atomic mass is 16.5. The number of ether oxygens (including phenoxy) is 1. The van der Waals surface area contributed by atoms with Gasteiger partial charge in [0.25, 0.3) is 0 Å². The molecule has 2 aromatic carbocycles. The van der Waals surface area contributed by atoms with Crippen molar-refractivity contribution in [3.05, 3.63) is 59.2 Å². The Morgan fingerprint density at radius 3 is 2.74 bits per heavy atom. The monoisotopic (exact) mass is 257 g/mol. The lowest BCUT2D eigenvalue weighted by Gasteiger charge is -2.10. The van der Waals surface area contributed by atoms with Crippen molar-refractivity contribution in [2.24, 2.45) is 0 Å². The van der Waals surface area contributed by atoms with Gasteiger partial charge in [-0.3, -0.25) is 0 Å². The van der Waals surface area contributed by atoms with Gasteiger partial charge in [0.2, 0.25) is 0 Å². The van der Waals surface area contributed by atoms with E-state index in [0.29, 0.717) is 12.3 Å². The van der Waals surface area contributed by atoms with Crippen LogP contribution < -0.4 is 10.5 Å².